The molecular weight excluding hydrogens is 312 g/mol. The van der Waals surface area contributed by atoms with Crippen molar-refractivity contribution in [3.8, 4) is 5.75 Å². The van der Waals surface area contributed by atoms with Crippen molar-refractivity contribution in [1.82, 2.24) is 5.32 Å². The van der Waals surface area contributed by atoms with Crippen LogP contribution in [0.1, 0.15) is 28.1 Å². The number of hydrogen-bond donors (Lipinski definition) is 2. The van der Waals surface area contributed by atoms with E-state index in [4.69, 9.17) is 4.74 Å². The summed E-state index contributed by atoms with van der Waals surface area (Å²) in [4.78, 5) is 25.1. The number of thiophene rings is 1. The zero-order chi connectivity index (χ0) is 16.7. The van der Waals surface area contributed by atoms with E-state index in [0.29, 0.717) is 23.4 Å². The van der Waals surface area contributed by atoms with E-state index in [1.54, 1.807) is 36.6 Å². The molecule has 0 radical (unpaired) electrons. The quantitative estimate of drug-likeness (QED) is 0.819. The van der Waals surface area contributed by atoms with E-state index in [0.717, 1.165) is 12.8 Å². The second kappa shape index (κ2) is 8.33. The smallest absolute Gasteiger partial charge is 0.251 e. The SMILES string of the molecule is CNC(=O)c1ccc(OC)c(NC(=O)CCCc2cccs2)c1. The average Bonchev–Trinajstić information content (AvgIpc) is 3.07. The van der Waals surface area contributed by atoms with Gasteiger partial charge in [-0.1, -0.05) is 6.07 Å². The lowest BCUT2D eigenvalue weighted by Gasteiger charge is -2.11. The highest BCUT2D eigenvalue weighted by Gasteiger charge is 2.11. The van der Waals surface area contributed by atoms with Crippen LogP contribution in [0.5, 0.6) is 5.75 Å². The highest BCUT2D eigenvalue weighted by molar-refractivity contribution is 7.09. The number of carbonyl (C=O) groups excluding carboxylic acids is 2. The number of benzene rings is 1. The van der Waals surface area contributed by atoms with Gasteiger partial charge in [0.2, 0.25) is 5.91 Å². The lowest BCUT2D eigenvalue weighted by molar-refractivity contribution is -0.116. The molecule has 1 heterocycles. The molecule has 0 unspecified atom stereocenters. The number of rotatable bonds is 7. The molecule has 0 saturated heterocycles. The number of hydrogen-bond acceptors (Lipinski definition) is 4. The van der Waals surface area contributed by atoms with Crippen molar-refractivity contribution in [2.75, 3.05) is 19.5 Å². The van der Waals surface area contributed by atoms with Gasteiger partial charge in [0.25, 0.3) is 5.91 Å². The Labute approximate surface area is 139 Å². The van der Waals surface area contributed by atoms with Crippen LogP contribution in [0.25, 0.3) is 0 Å². The highest BCUT2D eigenvalue weighted by Crippen LogP contribution is 2.26. The molecule has 5 nitrogen and oxygen atoms in total. The van der Waals surface area contributed by atoms with Crippen molar-refractivity contribution in [3.05, 3.63) is 46.2 Å². The normalized spacial score (nSPS) is 10.2. The first-order valence-corrected chi connectivity index (χ1v) is 8.24. The Bertz CT molecular complexity index is 668. The van der Waals surface area contributed by atoms with Crippen LogP contribution < -0.4 is 15.4 Å². The topological polar surface area (TPSA) is 67.4 Å². The van der Waals surface area contributed by atoms with Crippen molar-refractivity contribution in [2.45, 2.75) is 19.3 Å². The van der Waals surface area contributed by atoms with Crippen molar-refractivity contribution < 1.29 is 14.3 Å². The first-order valence-electron chi connectivity index (χ1n) is 7.36. The predicted octanol–water partition coefficient (Wildman–Crippen LogP) is 3.08. The number of methoxy groups -OCH3 is 1. The summed E-state index contributed by atoms with van der Waals surface area (Å²) in [6.45, 7) is 0. The Balaban J connectivity index is 1.96. The van der Waals surface area contributed by atoms with Crippen LogP contribution in [0.4, 0.5) is 5.69 Å². The number of carbonyl (C=O) groups is 2. The minimum absolute atomic E-state index is 0.0890. The van der Waals surface area contributed by atoms with E-state index in [2.05, 4.69) is 16.7 Å². The van der Waals surface area contributed by atoms with Crippen molar-refractivity contribution in [2.24, 2.45) is 0 Å². The van der Waals surface area contributed by atoms with Crippen LogP contribution in [0, 0.1) is 0 Å². The van der Waals surface area contributed by atoms with Gasteiger partial charge in [0, 0.05) is 23.9 Å². The fourth-order valence-corrected chi connectivity index (χ4v) is 2.93. The molecule has 122 valence electrons. The fraction of sp³-hybridized carbons (Fsp3) is 0.294. The van der Waals surface area contributed by atoms with E-state index in [-0.39, 0.29) is 11.8 Å². The molecule has 0 aliphatic rings. The van der Waals surface area contributed by atoms with Crippen LogP contribution >= 0.6 is 11.3 Å². The standard InChI is InChI=1S/C17H20N2O3S/c1-18-17(21)12-8-9-15(22-2)14(11-12)19-16(20)7-3-5-13-6-4-10-23-13/h4,6,8-11H,3,5,7H2,1-2H3,(H,18,21)(H,19,20). The molecule has 6 heteroatoms. The molecular formula is C17H20N2O3S. The van der Waals surface area contributed by atoms with Gasteiger partial charge in [-0.2, -0.15) is 0 Å². The summed E-state index contributed by atoms with van der Waals surface area (Å²) >= 11 is 1.70. The molecule has 0 bridgehead atoms. The van der Waals surface area contributed by atoms with Gasteiger partial charge in [-0.15, -0.1) is 11.3 Å². The second-order valence-electron chi connectivity index (χ2n) is 4.98. The van der Waals surface area contributed by atoms with Crippen LogP contribution in [0.15, 0.2) is 35.7 Å². The molecule has 2 rings (SSSR count). The van der Waals surface area contributed by atoms with E-state index in [1.165, 1.54) is 12.0 Å². The van der Waals surface area contributed by atoms with Gasteiger partial charge in [0.05, 0.1) is 12.8 Å². The van der Waals surface area contributed by atoms with Gasteiger partial charge in [-0.3, -0.25) is 9.59 Å². The Kier molecular flexibility index (Phi) is 6.17. The monoisotopic (exact) mass is 332 g/mol. The first kappa shape index (κ1) is 17.0. The number of nitrogens with one attached hydrogen (secondary N) is 2. The molecule has 1 aromatic carbocycles. The molecule has 1 aromatic heterocycles. The zero-order valence-electron chi connectivity index (χ0n) is 13.2. The van der Waals surface area contributed by atoms with Gasteiger partial charge in [-0.25, -0.2) is 0 Å². The molecule has 2 aromatic rings. The molecule has 0 aliphatic carbocycles. The maximum absolute atomic E-state index is 12.1. The third kappa shape index (κ3) is 4.82. The third-order valence-corrected chi connectivity index (χ3v) is 4.31. The molecule has 0 aliphatic heterocycles. The maximum atomic E-state index is 12.1. The van der Waals surface area contributed by atoms with Crippen LogP contribution in [-0.2, 0) is 11.2 Å². The summed E-state index contributed by atoms with van der Waals surface area (Å²) in [6.07, 6.45) is 2.09. The summed E-state index contributed by atoms with van der Waals surface area (Å²) in [6, 6.07) is 9.03. The Hall–Kier alpha value is -2.34. The molecule has 0 spiro atoms. The van der Waals surface area contributed by atoms with Gasteiger partial charge in [0.1, 0.15) is 5.75 Å². The maximum Gasteiger partial charge on any atom is 0.251 e. The van der Waals surface area contributed by atoms with Gasteiger partial charge < -0.3 is 15.4 Å². The minimum Gasteiger partial charge on any atom is -0.495 e. The summed E-state index contributed by atoms with van der Waals surface area (Å²) in [5.41, 5.74) is 0.983. The van der Waals surface area contributed by atoms with Crippen LogP contribution in [0.2, 0.25) is 0 Å². The Morgan fingerprint density at radius 3 is 2.74 bits per heavy atom. The van der Waals surface area contributed by atoms with Gasteiger partial charge in [-0.05, 0) is 42.5 Å². The predicted molar refractivity (Wildman–Crippen MR) is 92.3 cm³/mol. The van der Waals surface area contributed by atoms with E-state index in [9.17, 15) is 9.59 Å². The van der Waals surface area contributed by atoms with Gasteiger partial charge in [0.15, 0.2) is 0 Å². The van der Waals surface area contributed by atoms with Gasteiger partial charge >= 0.3 is 0 Å². The fourth-order valence-electron chi connectivity index (χ4n) is 2.18. The number of aryl methyl sites for hydroxylation is 1. The van der Waals surface area contributed by atoms with Crippen molar-refractivity contribution in [1.29, 1.82) is 0 Å². The zero-order valence-corrected chi connectivity index (χ0v) is 14.0. The van der Waals surface area contributed by atoms with E-state index >= 15 is 0 Å². The Morgan fingerprint density at radius 2 is 2.09 bits per heavy atom. The van der Waals surface area contributed by atoms with Crippen molar-refractivity contribution >= 4 is 28.8 Å². The van der Waals surface area contributed by atoms with E-state index < -0.39 is 0 Å². The Morgan fingerprint density at radius 1 is 1.26 bits per heavy atom. The largest absolute Gasteiger partial charge is 0.495 e. The number of amides is 2. The lowest BCUT2D eigenvalue weighted by atomic mass is 10.1. The summed E-state index contributed by atoms with van der Waals surface area (Å²) in [5.74, 6) is 0.235. The molecule has 2 amide bonds. The van der Waals surface area contributed by atoms with E-state index in [1.807, 2.05) is 11.4 Å². The molecule has 0 atom stereocenters. The lowest BCUT2D eigenvalue weighted by Crippen LogP contribution is -2.18. The molecule has 23 heavy (non-hydrogen) atoms. The molecule has 0 fully saturated rings. The average molecular weight is 332 g/mol. The number of anilines is 1. The highest BCUT2D eigenvalue weighted by atomic mass is 32.1. The molecule has 0 saturated carbocycles. The first-order chi connectivity index (χ1) is 11.1. The van der Waals surface area contributed by atoms with Crippen LogP contribution in [0.3, 0.4) is 0 Å². The van der Waals surface area contributed by atoms with Crippen molar-refractivity contribution in [3.63, 3.8) is 0 Å². The van der Waals surface area contributed by atoms with Crippen LogP contribution in [-0.4, -0.2) is 26.0 Å². The summed E-state index contributed by atoms with van der Waals surface area (Å²) < 4.78 is 5.23. The third-order valence-electron chi connectivity index (χ3n) is 3.37. The summed E-state index contributed by atoms with van der Waals surface area (Å²) in [7, 11) is 3.09. The summed E-state index contributed by atoms with van der Waals surface area (Å²) in [5, 5.41) is 7.41. The minimum atomic E-state index is -0.208. The number of ether oxygens (including phenoxy) is 1. The second-order valence-corrected chi connectivity index (χ2v) is 6.01. The molecule has 2 N–H and O–H groups in total.